The summed E-state index contributed by atoms with van der Waals surface area (Å²) in [5.41, 5.74) is -0.514. The molecule has 0 aliphatic carbocycles. The van der Waals surface area contributed by atoms with Gasteiger partial charge in [0.25, 0.3) is 5.91 Å². The van der Waals surface area contributed by atoms with Crippen LogP contribution in [0.1, 0.15) is 29.6 Å². The molecule has 0 aromatic heterocycles. The van der Waals surface area contributed by atoms with Crippen molar-refractivity contribution in [3.05, 3.63) is 48.1 Å². The zero-order valence-electron chi connectivity index (χ0n) is 10.7. The number of hydrogen-bond donors (Lipinski definition) is 2. The van der Waals surface area contributed by atoms with Crippen LogP contribution in [0.25, 0.3) is 0 Å². The van der Waals surface area contributed by atoms with Gasteiger partial charge in [0.15, 0.2) is 11.6 Å². The summed E-state index contributed by atoms with van der Waals surface area (Å²) in [6.45, 7) is 3.51. The molecule has 0 saturated carbocycles. The van der Waals surface area contributed by atoms with Crippen LogP contribution in [0.3, 0.4) is 0 Å². The summed E-state index contributed by atoms with van der Waals surface area (Å²) in [4.78, 5) is 22.8. The van der Waals surface area contributed by atoms with Gasteiger partial charge in [0.1, 0.15) is 6.04 Å². The van der Waals surface area contributed by atoms with Gasteiger partial charge in [-0.3, -0.25) is 4.79 Å². The zero-order valence-corrected chi connectivity index (χ0v) is 10.7. The van der Waals surface area contributed by atoms with Gasteiger partial charge >= 0.3 is 5.97 Å². The third kappa shape index (κ3) is 4.15. The van der Waals surface area contributed by atoms with Crippen molar-refractivity contribution in [2.24, 2.45) is 0 Å². The van der Waals surface area contributed by atoms with E-state index in [1.807, 2.05) is 0 Å². The van der Waals surface area contributed by atoms with Gasteiger partial charge in [0, 0.05) is 0 Å². The van der Waals surface area contributed by atoms with Crippen LogP contribution < -0.4 is 5.32 Å². The average molecular weight is 283 g/mol. The summed E-state index contributed by atoms with van der Waals surface area (Å²) in [6.07, 6.45) is 2.94. The minimum absolute atomic E-state index is 0.185. The minimum atomic E-state index is -1.29. The average Bonchev–Trinajstić information content (AvgIpc) is 2.40. The molecule has 1 amide bonds. The number of unbranched alkanes of at least 4 members (excludes halogenated alkanes) is 1. The van der Waals surface area contributed by atoms with Crippen molar-refractivity contribution in [3.63, 3.8) is 0 Å². The summed E-state index contributed by atoms with van der Waals surface area (Å²) < 4.78 is 26.4. The summed E-state index contributed by atoms with van der Waals surface area (Å²) in [5, 5.41) is 11.2. The Morgan fingerprint density at radius 1 is 1.40 bits per heavy atom. The van der Waals surface area contributed by atoms with Crippen LogP contribution in [0.2, 0.25) is 0 Å². The number of hydrogen-bond acceptors (Lipinski definition) is 2. The van der Waals surface area contributed by atoms with Crippen LogP contribution in [0.15, 0.2) is 30.9 Å². The van der Waals surface area contributed by atoms with Gasteiger partial charge in [-0.05, 0) is 31.4 Å². The fraction of sp³-hybridized carbons (Fsp3) is 0.286. The zero-order chi connectivity index (χ0) is 15.1. The van der Waals surface area contributed by atoms with Gasteiger partial charge in [0.2, 0.25) is 0 Å². The number of nitrogens with one attached hydrogen (secondary N) is 1. The summed E-state index contributed by atoms with van der Waals surface area (Å²) in [5.74, 6) is -4.62. The number of amides is 1. The first kappa shape index (κ1) is 15.8. The maximum atomic E-state index is 13.4. The van der Waals surface area contributed by atoms with Crippen molar-refractivity contribution >= 4 is 11.9 Å². The number of rotatable bonds is 7. The molecule has 108 valence electrons. The van der Waals surface area contributed by atoms with Gasteiger partial charge in [-0.2, -0.15) is 0 Å². The van der Waals surface area contributed by atoms with Crippen molar-refractivity contribution in [3.8, 4) is 0 Å². The molecule has 2 N–H and O–H groups in total. The molecule has 1 aromatic rings. The third-order valence-corrected chi connectivity index (χ3v) is 2.70. The lowest BCUT2D eigenvalue weighted by molar-refractivity contribution is -0.139. The monoisotopic (exact) mass is 283 g/mol. The Morgan fingerprint density at radius 3 is 2.70 bits per heavy atom. The smallest absolute Gasteiger partial charge is 0.326 e. The van der Waals surface area contributed by atoms with E-state index in [0.717, 1.165) is 12.1 Å². The highest BCUT2D eigenvalue weighted by atomic mass is 19.2. The summed E-state index contributed by atoms with van der Waals surface area (Å²) >= 11 is 0. The Kier molecular flexibility index (Phi) is 5.83. The second kappa shape index (κ2) is 7.37. The molecule has 0 spiro atoms. The quantitative estimate of drug-likeness (QED) is 0.597. The SMILES string of the molecule is C=CCCC[C@@H](NC(=O)c1cccc(F)c1F)C(=O)O. The van der Waals surface area contributed by atoms with Crippen LogP contribution in [-0.4, -0.2) is 23.0 Å². The van der Waals surface area contributed by atoms with Gasteiger partial charge in [-0.1, -0.05) is 12.1 Å². The molecular weight excluding hydrogens is 268 g/mol. The molecule has 0 radical (unpaired) electrons. The highest BCUT2D eigenvalue weighted by Gasteiger charge is 2.22. The van der Waals surface area contributed by atoms with E-state index in [9.17, 15) is 18.4 Å². The number of carboxylic acids is 1. The molecule has 0 heterocycles. The summed E-state index contributed by atoms with van der Waals surface area (Å²) in [6, 6.07) is 2.01. The number of aliphatic carboxylic acids is 1. The van der Waals surface area contributed by atoms with Gasteiger partial charge in [-0.25, -0.2) is 13.6 Å². The molecule has 20 heavy (non-hydrogen) atoms. The number of halogens is 2. The minimum Gasteiger partial charge on any atom is -0.480 e. The van der Waals surface area contributed by atoms with E-state index in [-0.39, 0.29) is 6.42 Å². The lowest BCUT2D eigenvalue weighted by atomic mass is 10.1. The number of carbonyl (C=O) groups excluding carboxylic acids is 1. The van der Waals surface area contributed by atoms with Crippen molar-refractivity contribution < 1.29 is 23.5 Å². The Bertz CT molecular complexity index is 517. The molecule has 4 nitrogen and oxygen atoms in total. The molecule has 0 aliphatic rings. The van der Waals surface area contributed by atoms with E-state index in [0.29, 0.717) is 12.8 Å². The molecule has 0 bridgehead atoms. The van der Waals surface area contributed by atoms with Gasteiger partial charge in [0.05, 0.1) is 5.56 Å². The molecule has 1 aromatic carbocycles. The van der Waals surface area contributed by atoms with Crippen molar-refractivity contribution in [1.82, 2.24) is 5.32 Å². The van der Waals surface area contributed by atoms with Crippen molar-refractivity contribution in [2.45, 2.75) is 25.3 Å². The molecular formula is C14H15F2NO3. The molecule has 1 rings (SSSR count). The standard InChI is InChI=1S/C14H15F2NO3/c1-2-3-4-8-11(14(19)20)17-13(18)9-6-5-7-10(15)12(9)16/h2,5-7,11H,1,3-4,8H2,(H,17,18)(H,19,20)/t11-/m1/s1. The normalized spacial score (nSPS) is 11.7. The first-order chi connectivity index (χ1) is 9.47. The molecule has 0 unspecified atom stereocenters. The van der Waals surface area contributed by atoms with Gasteiger partial charge in [-0.15, -0.1) is 6.58 Å². The Labute approximate surface area is 115 Å². The molecule has 0 aliphatic heterocycles. The number of carbonyl (C=O) groups is 2. The number of carboxylic acid groups (broad SMARTS) is 1. The fourth-order valence-corrected chi connectivity index (χ4v) is 1.64. The number of benzene rings is 1. The molecule has 1 atom stereocenters. The van der Waals surface area contributed by atoms with E-state index < -0.39 is 35.1 Å². The van der Waals surface area contributed by atoms with Gasteiger partial charge < -0.3 is 10.4 Å². The highest BCUT2D eigenvalue weighted by molar-refractivity contribution is 5.96. The lowest BCUT2D eigenvalue weighted by Crippen LogP contribution is -2.41. The predicted octanol–water partition coefficient (Wildman–Crippen LogP) is 2.50. The third-order valence-electron chi connectivity index (χ3n) is 2.70. The Hall–Kier alpha value is -2.24. The summed E-state index contributed by atoms with van der Waals surface area (Å²) in [7, 11) is 0. The van der Waals surface area contributed by atoms with E-state index in [1.54, 1.807) is 6.08 Å². The second-order valence-corrected chi connectivity index (χ2v) is 4.19. The van der Waals surface area contributed by atoms with E-state index in [1.165, 1.54) is 6.07 Å². The van der Waals surface area contributed by atoms with Crippen LogP contribution in [0.4, 0.5) is 8.78 Å². The van der Waals surface area contributed by atoms with Crippen LogP contribution in [0, 0.1) is 11.6 Å². The first-order valence-electron chi connectivity index (χ1n) is 6.06. The van der Waals surface area contributed by atoms with E-state index in [2.05, 4.69) is 11.9 Å². The molecule has 0 saturated heterocycles. The first-order valence-corrected chi connectivity index (χ1v) is 6.06. The Balaban J connectivity index is 2.77. The fourth-order valence-electron chi connectivity index (χ4n) is 1.64. The number of allylic oxidation sites excluding steroid dienone is 1. The highest BCUT2D eigenvalue weighted by Crippen LogP contribution is 2.12. The largest absolute Gasteiger partial charge is 0.480 e. The van der Waals surface area contributed by atoms with E-state index >= 15 is 0 Å². The van der Waals surface area contributed by atoms with E-state index in [4.69, 9.17) is 5.11 Å². The topological polar surface area (TPSA) is 66.4 Å². The van der Waals surface area contributed by atoms with Crippen molar-refractivity contribution in [1.29, 1.82) is 0 Å². The van der Waals surface area contributed by atoms with Crippen molar-refractivity contribution in [2.75, 3.05) is 0 Å². The Morgan fingerprint density at radius 2 is 2.10 bits per heavy atom. The molecule has 6 heteroatoms. The van der Waals surface area contributed by atoms with Crippen LogP contribution in [-0.2, 0) is 4.79 Å². The maximum absolute atomic E-state index is 13.4. The predicted molar refractivity (Wildman–Crippen MR) is 69.3 cm³/mol. The maximum Gasteiger partial charge on any atom is 0.326 e. The van der Waals surface area contributed by atoms with Crippen LogP contribution >= 0.6 is 0 Å². The molecule has 0 fully saturated rings. The second-order valence-electron chi connectivity index (χ2n) is 4.19. The lowest BCUT2D eigenvalue weighted by Gasteiger charge is -2.14. The van der Waals surface area contributed by atoms with Crippen LogP contribution in [0.5, 0.6) is 0 Å².